The zero-order valence-corrected chi connectivity index (χ0v) is 15.6. The van der Waals surface area contributed by atoms with Crippen LogP contribution in [-0.4, -0.2) is 77.5 Å². The van der Waals surface area contributed by atoms with Crippen LogP contribution in [0.3, 0.4) is 0 Å². The van der Waals surface area contributed by atoms with Gasteiger partial charge < -0.3 is 19.7 Å². The zero-order chi connectivity index (χ0) is 18.4. The summed E-state index contributed by atoms with van der Waals surface area (Å²) in [6, 6.07) is 4.68. The van der Waals surface area contributed by atoms with E-state index in [1.807, 2.05) is 0 Å². The molecule has 0 aliphatic carbocycles. The Labute approximate surface area is 148 Å². The van der Waals surface area contributed by atoms with Gasteiger partial charge in [-0.2, -0.15) is 4.31 Å². The summed E-state index contributed by atoms with van der Waals surface area (Å²) in [6.07, 6.45) is 0.410. The van der Waals surface area contributed by atoms with Crippen LogP contribution in [-0.2, 0) is 14.8 Å². The number of piperazine rings is 1. The number of ether oxygens (including phenoxy) is 2. The molecule has 0 radical (unpaired) electrons. The lowest BCUT2D eigenvalue weighted by Gasteiger charge is -2.34. The fourth-order valence-electron chi connectivity index (χ4n) is 2.69. The molecule has 1 heterocycles. The smallest absolute Gasteiger partial charge is 0.247 e. The first kappa shape index (κ1) is 19.5. The van der Waals surface area contributed by atoms with Crippen molar-refractivity contribution in [3.05, 3.63) is 18.2 Å². The summed E-state index contributed by atoms with van der Waals surface area (Å²) >= 11 is 0. The van der Waals surface area contributed by atoms with E-state index in [4.69, 9.17) is 9.47 Å². The van der Waals surface area contributed by atoms with Gasteiger partial charge in [0.1, 0.15) is 16.4 Å². The lowest BCUT2D eigenvalue weighted by atomic mass is 10.3. The van der Waals surface area contributed by atoms with E-state index in [0.29, 0.717) is 31.8 Å². The number of carbonyl (C=O) groups is 1. The molecule has 0 atom stereocenters. The lowest BCUT2D eigenvalue weighted by molar-refractivity contribution is -0.132. The third kappa shape index (κ3) is 4.42. The summed E-state index contributed by atoms with van der Waals surface area (Å²) in [4.78, 5) is 13.8. The maximum Gasteiger partial charge on any atom is 0.247 e. The van der Waals surface area contributed by atoms with Crippen LogP contribution in [0.2, 0.25) is 0 Å². The van der Waals surface area contributed by atoms with E-state index in [1.165, 1.54) is 24.6 Å². The quantitative estimate of drug-likeness (QED) is 0.734. The molecule has 1 saturated heterocycles. The average Bonchev–Trinajstić information content (AvgIpc) is 2.65. The van der Waals surface area contributed by atoms with Gasteiger partial charge in [-0.25, -0.2) is 8.42 Å². The molecule has 140 valence electrons. The molecule has 25 heavy (non-hydrogen) atoms. The third-order valence-corrected chi connectivity index (χ3v) is 6.09. The van der Waals surface area contributed by atoms with E-state index in [0.717, 1.165) is 0 Å². The SMILES string of the molecule is CNCCC(=O)N1CCN(S(=O)(=O)c2cc(OC)ccc2OC)CC1. The van der Waals surface area contributed by atoms with Crippen LogP contribution in [0, 0.1) is 0 Å². The topological polar surface area (TPSA) is 88.2 Å². The fraction of sp³-hybridized carbons (Fsp3) is 0.562. The van der Waals surface area contributed by atoms with E-state index in [9.17, 15) is 13.2 Å². The van der Waals surface area contributed by atoms with Gasteiger partial charge in [-0.1, -0.05) is 0 Å². The Bertz CT molecular complexity index is 700. The van der Waals surface area contributed by atoms with E-state index in [-0.39, 0.29) is 29.6 Å². The van der Waals surface area contributed by atoms with Gasteiger partial charge in [0.05, 0.1) is 14.2 Å². The molecule has 9 heteroatoms. The Morgan fingerprint density at radius 1 is 1.16 bits per heavy atom. The minimum Gasteiger partial charge on any atom is -0.497 e. The van der Waals surface area contributed by atoms with Crippen molar-refractivity contribution in [3.63, 3.8) is 0 Å². The maximum atomic E-state index is 13.0. The number of hydrogen-bond acceptors (Lipinski definition) is 6. The largest absolute Gasteiger partial charge is 0.497 e. The average molecular weight is 371 g/mol. The summed E-state index contributed by atoms with van der Waals surface area (Å²) in [5.41, 5.74) is 0. The highest BCUT2D eigenvalue weighted by Gasteiger charge is 2.32. The number of carbonyl (C=O) groups excluding carboxylic acids is 1. The maximum absolute atomic E-state index is 13.0. The molecule has 8 nitrogen and oxygen atoms in total. The zero-order valence-electron chi connectivity index (χ0n) is 14.8. The monoisotopic (exact) mass is 371 g/mol. The first-order chi connectivity index (χ1) is 11.9. The van der Waals surface area contributed by atoms with Crippen molar-refractivity contribution in [1.29, 1.82) is 0 Å². The first-order valence-corrected chi connectivity index (χ1v) is 9.52. The van der Waals surface area contributed by atoms with Crippen LogP contribution in [0.15, 0.2) is 23.1 Å². The van der Waals surface area contributed by atoms with Crippen LogP contribution in [0.1, 0.15) is 6.42 Å². The van der Waals surface area contributed by atoms with Crippen molar-refractivity contribution in [2.24, 2.45) is 0 Å². The van der Waals surface area contributed by atoms with Gasteiger partial charge >= 0.3 is 0 Å². The molecule has 1 aliphatic rings. The summed E-state index contributed by atoms with van der Waals surface area (Å²) < 4.78 is 37.6. The molecule has 0 unspecified atom stereocenters. The highest BCUT2D eigenvalue weighted by atomic mass is 32.2. The van der Waals surface area contributed by atoms with Crippen LogP contribution in [0.4, 0.5) is 0 Å². The van der Waals surface area contributed by atoms with Crippen LogP contribution in [0.5, 0.6) is 11.5 Å². The number of rotatable bonds is 7. The van der Waals surface area contributed by atoms with E-state index < -0.39 is 10.0 Å². The Morgan fingerprint density at radius 3 is 2.40 bits per heavy atom. The molecule has 0 bridgehead atoms. The third-order valence-electron chi connectivity index (χ3n) is 4.17. The summed E-state index contributed by atoms with van der Waals surface area (Å²) in [5, 5.41) is 2.94. The Balaban J connectivity index is 2.13. The predicted octanol–water partition coefficient (Wildman–Crippen LogP) is 0.146. The van der Waals surface area contributed by atoms with Crippen LogP contribution >= 0.6 is 0 Å². The molecule has 1 aliphatic heterocycles. The molecule has 0 spiro atoms. The van der Waals surface area contributed by atoms with Gasteiger partial charge in [-0.05, 0) is 19.2 Å². The van der Waals surface area contributed by atoms with Crippen molar-refractivity contribution in [2.45, 2.75) is 11.3 Å². The molecule has 1 fully saturated rings. The number of nitrogens with zero attached hydrogens (tertiary/aromatic N) is 2. The second-order valence-electron chi connectivity index (χ2n) is 5.66. The van der Waals surface area contributed by atoms with E-state index >= 15 is 0 Å². The van der Waals surface area contributed by atoms with Crippen molar-refractivity contribution in [2.75, 3.05) is 54.0 Å². The molecular formula is C16H25N3O5S. The van der Waals surface area contributed by atoms with Crippen molar-refractivity contribution >= 4 is 15.9 Å². The van der Waals surface area contributed by atoms with Crippen molar-refractivity contribution < 1.29 is 22.7 Å². The van der Waals surface area contributed by atoms with Gasteiger partial charge in [-0.15, -0.1) is 0 Å². The van der Waals surface area contributed by atoms with Gasteiger partial charge in [0.25, 0.3) is 0 Å². The van der Waals surface area contributed by atoms with Crippen molar-refractivity contribution in [3.8, 4) is 11.5 Å². The molecule has 1 N–H and O–H groups in total. The van der Waals surface area contributed by atoms with Crippen LogP contribution < -0.4 is 14.8 Å². The minimum absolute atomic E-state index is 0.0327. The molecule has 0 saturated carbocycles. The molecule has 1 aromatic carbocycles. The van der Waals surface area contributed by atoms with Gasteiger partial charge in [-0.3, -0.25) is 4.79 Å². The normalized spacial score (nSPS) is 15.9. The number of benzene rings is 1. The van der Waals surface area contributed by atoms with Gasteiger partial charge in [0.2, 0.25) is 15.9 Å². The van der Waals surface area contributed by atoms with E-state index in [1.54, 1.807) is 24.1 Å². The lowest BCUT2D eigenvalue weighted by Crippen LogP contribution is -2.50. The highest BCUT2D eigenvalue weighted by molar-refractivity contribution is 7.89. The number of nitrogens with one attached hydrogen (secondary N) is 1. The number of methoxy groups -OCH3 is 2. The predicted molar refractivity (Wildman–Crippen MR) is 93.4 cm³/mol. The first-order valence-electron chi connectivity index (χ1n) is 8.08. The molecule has 2 rings (SSSR count). The molecular weight excluding hydrogens is 346 g/mol. The number of sulfonamides is 1. The second-order valence-corrected chi connectivity index (χ2v) is 7.56. The van der Waals surface area contributed by atoms with Crippen molar-refractivity contribution in [1.82, 2.24) is 14.5 Å². The molecule has 0 aromatic heterocycles. The minimum atomic E-state index is -3.73. The Kier molecular flexibility index (Phi) is 6.63. The molecule has 1 aromatic rings. The summed E-state index contributed by atoms with van der Waals surface area (Å²) in [6.45, 7) is 1.89. The summed E-state index contributed by atoms with van der Waals surface area (Å²) in [5.74, 6) is 0.749. The Morgan fingerprint density at radius 2 is 1.84 bits per heavy atom. The standard InChI is InChI=1S/C16H25N3O5S/c1-17-7-6-16(20)18-8-10-19(11-9-18)25(21,22)15-12-13(23-2)4-5-14(15)24-3/h4-5,12,17H,6-11H2,1-3H3. The fourth-order valence-corrected chi connectivity index (χ4v) is 4.29. The summed E-state index contributed by atoms with van der Waals surface area (Å²) in [7, 11) is 0.975. The number of amides is 1. The second kappa shape index (κ2) is 8.50. The van der Waals surface area contributed by atoms with Crippen LogP contribution in [0.25, 0.3) is 0 Å². The van der Waals surface area contributed by atoms with Gasteiger partial charge in [0.15, 0.2) is 0 Å². The number of hydrogen-bond donors (Lipinski definition) is 1. The van der Waals surface area contributed by atoms with Gasteiger partial charge in [0, 0.05) is 45.2 Å². The Hall–Kier alpha value is -1.84. The van der Waals surface area contributed by atoms with E-state index in [2.05, 4.69) is 5.32 Å². The highest BCUT2D eigenvalue weighted by Crippen LogP contribution is 2.31. The molecule has 1 amide bonds.